The van der Waals surface area contributed by atoms with Gasteiger partial charge in [-0.1, -0.05) is 12.1 Å². The standard InChI is InChI=1S/C17H16N4O3S/c1-10-9-25-16(18-10)19-15(24)17-8-7-13(22)21(17)12-6-4-3-5-11(12)14(23)20(17)2/h3-6,9H,7-8H2,1-2H3,(H,18,19,24)/t17-/m0/s1. The molecule has 3 heterocycles. The van der Waals surface area contributed by atoms with Gasteiger partial charge in [0.15, 0.2) is 5.13 Å². The van der Waals surface area contributed by atoms with Gasteiger partial charge in [-0.15, -0.1) is 11.3 Å². The third-order valence-corrected chi connectivity index (χ3v) is 5.62. The molecule has 8 heteroatoms. The number of carbonyl (C=O) groups is 3. The summed E-state index contributed by atoms with van der Waals surface area (Å²) in [5, 5.41) is 5.06. The maximum Gasteiger partial charge on any atom is 0.273 e. The zero-order valence-electron chi connectivity index (χ0n) is 13.8. The van der Waals surface area contributed by atoms with Crippen LogP contribution in [0.15, 0.2) is 29.6 Å². The number of nitrogens with one attached hydrogen (secondary N) is 1. The minimum absolute atomic E-state index is 0.169. The summed E-state index contributed by atoms with van der Waals surface area (Å²) in [4.78, 5) is 45.6. The van der Waals surface area contributed by atoms with Gasteiger partial charge in [0, 0.05) is 25.3 Å². The lowest BCUT2D eigenvalue weighted by atomic mass is 9.96. The number of amides is 3. The number of anilines is 2. The molecule has 1 fully saturated rings. The maximum absolute atomic E-state index is 13.2. The van der Waals surface area contributed by atoms with Gasteiger partial charge in [0.2, 0.25) is 11.6 Å². The van der Waals surface area contributed by atoms with E-state index in [1.54, 1.807) is 31.3 Å². The largest absolute Gasteiger partial charge is 0.310 e. The Labute approximate surface area is 148 Å². The Balaban J connectivity index is 1.82. The molecule has 4 rings (SSSR count). The molecule has 3 amide bonds. The van der Waals surface area contributed by atoms with E-state index < -0.39 is 11.6 Å². The van der Waals surface area contributed by atoms with Gasteiger partial charge in [-0.3, -0.25) is 24.6 Å². The van der Waals surface area contributed by atoms with Crippen molar-refractivity contribution in [2.24, 2.45) is 0 Å². The van der Waals surface area contributed by atoms with E-state index in [4.69, 9.17) is 0 Å². The predicted molar refractivity (Wildman–Crippen MR) is 93.5 cm³/mol. The molecule has 0 saturated carbocycles. The number of fused-ring (bicyclic) bond motifs is 3. The van der Waals surface area contributed by atoms with Crippen LogP contribution in [-0.4, -0.2) is 40.3 Å². The summed E-state index contributed by atoms with van der Waals surface area (Å²) in [5.74, 6) is -0.859. The van der Waals surface area contributed by atoms with Crippen molar-refractivity contribution < 1.29 is 14.4 Å². The van der Waals surface area contributed by atoms with Gasteiger partial charge < -0.3 is 4.90 Å². The molecule has 0 aliphatic carbocycles. The summed E-state index contributed by atoms with van der Waals surface area (Å²) >= 11 is 1.31. The molecule has 1 aromatic carbocycles. The number of para-hydroxylation sites is 1. The molecule has 0 radical (unpaired) electrons. The summed E-state index contributed by atoms with van der Waals surface area (Å²) in [6.45, 7) is 1.84. The van der Waals surface area contributed by atoms with E-state index in [-0.39, 0.29) is 24.7 Å². The Hall–Kier alpha value is -2.74. The summed E-state index contributed by atoms with van der Waals surface area (Å²) in [6, 6.07) is 6.89. The number of hydrogen-bond donors (Lipinski definition) is 1. The number of benzene rings is 1. The first-order chi connectivity index (χ1) is 11.9. The first-order valence-electron chi connectivity index (χ1n) is 7.89. The molecule has 1 N–H and O–H groups in total. The maximum atomic E-state index is 13.2. The van der Waals surface area contributed by atoms with Gasteiger partial charge in [0.25, 0.3) is 11.8 Å². The van der Waals surface area contributed by atoms with E-state index in [9.17, 15) is 14.4 Å². The van der Waals surface area contributed by atoms with Crippen molar-refractivity contribution >= 4 is 39.9 Å². The summed E-state index contributed by atoms with van der Waals surface area (Å²) in [7, 11) is 1.57. The van der Waals surface area contributed by atoms with E-state index in [1.165, 1.54) is 21.1 Å². The zero-order valence-corrected chi connectivity index (χ0v) is 14.6. The summed E-state index contributed by atoms with van der Waals surface area (Å²) < 4.78 is 0. The van der Waals surface area contributed by atoms with Gasteiger partial charge in [0.05, 0.1) is 16.9 Å². The molecule has 2 aromatic rings. The van der Waals surface area contributed by atoms with Crippen LogP contribution in [0.25, 0.3) is 0 Å². The highest BCUT2D eigenvalue weighted by molar-refractivity contribution is 7.13. The van der Waals surface area contributed by atoms with Gasteiger partial charge in [-0.05, 0) is 19.1 Å². The summed E-state index contributed by atoms with van der Waals surface area (Å²) in [5.41, 5.74) is 0.352. The van der Waals surface area contributed by atoms with Crippen molar-refractivity contribution in [3.05, 3.63) is 40.9 Å². The van der Waals surface area contributed by atoms with Crippen molar-refractivity contribution in [2.75, 3.05) is 17.3 Å². The van der Waals surface area contributed by atoms with Crippen LogP contribution < -0.4 is 10.2 Å². The molecular formula is C17H16N4O3S. The van der Waals surface area contributed by atoms with Crippen LogP contribution in [-0.2, 0) is 9.59 Å². The predicted octanol–water partition coefficient (Wildman–Crippen LogP) is 2.00. The highest BCUT2D eigenvalue weighted by Gasteiger charge is 2.59. The van der Waals surface area contributed by atoms with Gasteiger partial charge >= 0.3 is 0 Å². The van der Waals surface area contributed by atoms with Gasteiger partial charge in [-0.2, -0.15) is 0 Å². The monoisotopic (exact) mass is 356 g/mol. The lowest BCUT2D eigenvalue weighted by Gasteiger charge is -2.47. The molecular weight excluding hydrogens is 340 g/mol. The van der Waals surface area contributed by atoms with Gasteiger partial charge in [-0.25, -0.2) is 4.98 Å². The Morgan fingerprint density at radius 2 is 2.08 bits per heavy atom. The Morgan fingerprint density at radius 1 is 1.32 bits per heavy atom. The lowest BCUT2D eigenvalue weighted by Crippen LogP contribution is -2.68. The molecule has 0 spiro atoms. The number of rotatable bonds is 2. The minimum Gasteiger partial charge on any atom is -0.310 e. The van der Waals surface area contributed by atoms with Crippen LogP contribution in [0.5, 0.6) is 0 Å². The number of thiazole rings is 1. The second-order valence-electron chi connectivity index (χ2n) is 6.18. The Morgan fingerprint density at radius 3 is 2.80 bits per heavy atom. The van der Waals surface area contributed by atoms with Crippen molar-refractivity contribution in [3.8, 4) is 0 Å². The lowest BCUT2D eigenvalue weighted by molar-refractivity contribution is -0.128. The van der Waals surface area contributed by atoms with E-state index in [2.05, 4.69) is 10.3 Å². The van der Waals surface area contributed by atoms with Crippen LogP contribution in [0, 0.1) is 6.92 Å². The SMILES string of the molecule is Cc1csc(NC(=O)[C@]23CCC(=O)N2c2ccccc2C(=O)N3C)n1. The van der Waals surface area contributed by atoms with E-state index in [0.29, 0.717) is 16.4 Å². The highest BCUT2D eigenvalue weighted by Crippen LogP contribution is 2.44. The quantitative estimate of drug-likeness (QED) is 0.892. The topological polar surface area (TPSA) is 82.6 Å². The molecule has 1 aromatic heterocycles. The van der Waals surface area contributed by atoms with Crippen LogP contribution in [0.3, 0.4) is 0 Å². The smallest absolute Gasteiger partial charge is 0.273 e. The fourth-order valence-corrected chi connectivity index (χ4v) is 4.22. The van der Waals surface area contributed by atoms with Crippen molar-refractivity contribution in [1.82, 2.24) is 9.88 Å². The molecule has 25 heavy (non-hydrogen) atoms. The zero-order chi connectivity index (χ0) is 17.8. The highest BCUT2D eigenvalue weighted by atomic mass is 32.1. The summed E-state index contributed by atoms with van der Waals surface area (Å²) in [6.07, 6.45) is 0.453. The molecule has 2 aliphatic rings. The van der Waals surface area contributed by atoms with Gasteiger partial charge in [0.1, 0.15) is 0 Å². The molecule has 0 unspecified atom stereocenters. The number of likely N-dealkylation sites (N-methyl/N-ethyl adjacent to an activating group) is 1. The molecule has 2 aliphatic heterocycles. The fraction of sp³-hybridized carbons (Fsp3) is 0.294. The van der Waals surface area contributed by atoms with Crippen molar-refractivity contribution in [3.63, 3.8) is 0 Å². The van der Waals surface area contributed by atoms with Crippen LogP contribution >= 0.6 is 11.3 Å². The van der Waals surface area contributed by atoms with E-state index in [1.807, 2.05) is 12.3 Å². The number of nitrogens with zero attached hydrogens (tertiary/aromatic N) is 3. The van der Waals surface area contributed by atoms with Crippen molar-refractivity contribution in [1.29, 1.82) is 0 Å². The minimum atomic E-state index is -1.36. The third kappa shape index (κ3) is 2.10. The van der Waals surface area contributed by atoms with Crippen LogP contribution in [0.1, 0.15) is 28.9 Å². The third-order valence-electron chi connectivity index (χ3n) is 4.74. The number of hydrogen-bond acceptors (Lipinski definition) is 5. The Kier molecular flexibility index (Phi) is 3.40. The van der Waals surface area contributed by atoms with Crippen molar-refractivity contribution in [2.45, 2.75) is 25.4 Å². The molecule has 7 nitrogen and oxygen atoms in total. The average Bonchev–Trinajstić information content (AvgIpc) is 3.17. The molecule has 1 atom stereocenters. The fourth-order valence-electron chi connectivity index (χ4n) is 3.54. The van der Waals surface area contributed by atoms with E-state index >= 15 is 0 Å². The normalized spacial score (nSPS) is 22.0. The van der Waals surface area contributed by atoms with Crippen LogP contribution in [0.2, 0.25) is 0 Å². The Bertz CT molecular complexity index is 909. The number of aryl methyl sites for hydroxylation is 1. The first-order valence-corrected chi connectivity index (χ1v) is 8.77. The van der Waals surface area contributed by atoms with Crippen LogP contribution in [0.4, 0.5) is 10.8 Å². The molecule has 1 saturated heterocycles. The first kappa shape index (κ1) is 15.8. The number of aromatic nitrogens is 1. The number of carbonyl (C=O) groups excluding carboxylic acids is 3. The molecule has 128 valence electrons. The molecule has 0 bridgehead atoms. The second-order valence-corrected chi connectivity index (χ2v) is 7.03. The van der Waals surface area contributed by atoms with E-state index in [0.717, 1.165) is 5.69 Å². The average molecular weight is 356 g/mol. The second kappa shape index (κ2) is 5.38.